The van der Waals surface area contributed by atoms with Crippen molar-refractivity contribution in [2.75, 3.05) is 6.54 Å². The van der Waals surface area contributed by atoms with Crippen molar-refractivity contribution in [3.05, 3.63) is 22.4 Å². The molecule has 17 heavy (non-hydrogen) atoms. The van der Waals surface area contributed by atoms with Crippen LogP contribution in [0.1, 0.15) is 52.0 Å². The highest BCUT2D eigenvalue weighted by Gasteiger charge is 2.17. The Bertz CT molecular complexity index is 290. The van der Waals surface area contributed by atoms with E-state index in [0.29, 0.717) is 12.0 Å². The van der Waals surface area contributed by atoms with Crippen molar-refractivity contribution in [2.45, 2.75) is 47.1 Å². The van der Waals surface area contributed by atoms with Gasteiger partial charge in [-0.2, -0.15) is 0 Å². The first-order valence-corrected chi connectivity index (χ1v) is 7.65. The van der Waals surface area contributed by atoms with Crippen LogP contribution < -0.4 is 5.32 Å². The zero-order chi connectivity index (χ0) is 12.8. The SMILES string of the molecule is CC(C)CC(C)CNC(c1cccs1)C(C)C. The highest BCUT2D eigenvalue weighted by atomic mass is 32.1. The van der Waals surface area contributed by atoms with Crippen molar-refractivity contribution in [3.63, 3.8) is 0 Å². The molecule has 0 spiro atoms. The minimum absolute atomic E-state index is 0.518. The van der Waals surface area contributed by atoms with Crippen molar-refractivity contribution in [3.8, 4) is 0 Å². The van der Waals surface area contributed by atoms with Gasteiger partial charge in [-0.15, -0.1) is 11.3 Å². The molecule has 0 amide bonds. The van der Waals surface area contributed by atoms with Crippen LogP contribution >= 0.6 is 11.3 Å². The Labute approximate surface area is 111 Å². The summed E-state index contributed by atoms with van der Waals surface area (Å²) >= 11 is 1.86. The van der Waals surface area contributed by atoms with Crippen LogP contribution in [0.2, 0.25) is 0 Å². The van der Waals surface area contributed by atoms with E-state index < -0.39 is 0 Å². The van der Waals surface area contributed by atoms with Crippen molar-refractivity contribution < 1.29 is 0 Å². The fraction of sp³-hybridized carbons (Fsp3) is 0.733. The molecule has 1 rings (SSSR count). The molecule has 1 aromatic rings. The first kappa shape index (κ1) is 14.7. The standard InChI is InChI=1S/C15H27NS/c1-11(2)9-13(5)10-16-15(12(3)4)14-7-6-8-17-14/h6-8,11-13,15-16H,9-10H2,1-5H3. The van der Waals surface area contributed by atoms with Gasteiger partial charge < -0.3 is 5.32 Å². The van der Waals surface area contributed by atoms with E-state index in [1.165, 1.54) is 11.3 Å². The largest absolute Gasteiger partial charge is 0.309 e. The van der Waals surface area contributed by atoms with Gasteiger partial charge in [0, 0.05) is 10.9 Å². The smallest absolute Gasteiger partial charge is 0.0438 e. The van der Waals surface area contributed by atoms with E-state index >= 15 is 0 Å². The molecule has 1 heterocycles. The third kappa shape index (κ3) is 5.22. The lowest BCUT2D eigenvalue weighted by molar-refractivity contribution is 0.353. The quantitative estimate of drug-likeness (QED) is 0.741. The van der Waals surface area contributed by atoms with Gasteiger partial charge in [0.15, 0.2) is 0 Å². The topological polar surface area (TPSA) is 12.0 Å². The molecule has 0 aliphatic heterocycles. The molecule has 98 valence electrons. The van der Waals surface area contributed by atoms with Crippen molar-refractivity contribution in [1.29, 1.82) is 0 Å². The summed E-state index contributed by atoms with van der Waals surface area (Å²) in [7, 11) is 0. The van der Waals surface area contributed by atoms with E-state index in [0.717, 1.165) is 18.4 Å². The monoisotopic (exact) mass is 253 g/mol. The van der Waals surface area contributed by atoms with Gasteiger partial charge in [0.1, 0.15) is 0 Å². The molecule has 2 unspecified atom stereocenters. The maximum Gasteiger partial charge on any atom is 0.0438 e. The Kier molecular flexibility index (Phi) is 6.21. The molecule has 2 heteroatoms. The summed E-state index contributed by atoms with van der Waals surface area (Å²) in [6, 6.07) is 4.91. The van der Waals surface area contributed by atoms with Gasteiger partial charge in [-0.1, -0.05) is 40.7 Å². The third-order valence-corrected chi connectivity index (χ3v) is 4.03. The van der Waals surface area contributed by atoms with Crippen molar-refractivity contribution in [1.82, 2.24) is 5.32 Å². The van der Waals surface area contributed by atoms with Gasteiger partial charge in [-0.3, -0.25) is 0 Å². The second-order valence-electron chi connectivity index (χ2n) is 5.88. The Morgan fingerprint density at radius 2 is 1.88 bits per heavy atom. The Hall–Kier alpha value is -0.340. The normalized spacial score (nSPS) is 15.5. The van der Waals surface area contributed by atoms with Crippen LogP contribution in [0.25, 0.3) is 0 Å². The van der Waals surface area contributed by atoms with Crippen LogP contribution in [0, 0.1) is 17.8 Å². The summed E-state index contributed by atoms with van der Waals surface area (Å²) in [5, 5.41) is 5.91. The minimum atomic E-state index is 0.518. The highest BCUT2D eigenvalue weighted by Crippen LogP contribution is 2.26. The summed E-state index contributed by atoms with van der Waals surface area (Å²) < 4.78 is 0. The van der Waals surface area contributed by atoms with Gasteiger partial charge in [-0.25, -0.2) is 0 Å². The van der Waals surface area contributed by atoms with E-state index in [1.807, 2.05) is 11.3 Å². The number of hydrogen-bond donors (Lipinski definition) is 1. The van der Waals surface area contributed by atoms with Crippen molar-refractivity contribution >= 4 is 11.3 Å². The molecule has 1 N–H and O–H groups in total. The average molecular weight is 253 g/mol. The summed E-state index contributed by atoms with van der Waals surface area (Å²) in [6.07, 6.45) is 1.31. The first-order chi connectivity index (χ1) is 8.00. The fourth-order valence-corrected chi connectivity index (χ4v) is 3.32. The van der Waals surface area contributed by atoms with Crippen LogP contribution in [-0.2, 0) is 0 Å². The second kappa shape index (κ2) is 7.17. The molecule has 2 atom stereocenters. The van der Waals surface area contributed by atoms with Crippen LogP contribution in [0.4, 0.5) is 0 Å². The number of hydrogen-bond acceptors (Lipinski definition) is 2. The average Bonchev–Trinajstić information content (AvgIpc) is 2.69. The number of nitrogens with one attached hydrogen (secondary N) is 1. The fourth-order valence-electron chi connectivity index (χ4n) is 2.35. The van der Waals surface area contributed by atoms with Gasteiger partial charge in [0.25, 0.3) is 0 Å². The summed E-state index contributed by atoms with van der Waals surface area (Å²) in [5.74, 6) is 2.21. The minimum Gasteiger partial charge on any atom is -0.309 e. The van der Waals surface area contributed by atoms with Gasteiger partial charge in [0.2, 0.25) is 0 Å². The maximum absolute atomic E-state index is 3.74. The van der Waals surface area contributed by atoms with E-state index in [1.54, 1.807) is 0 Å². The number of thiophene rings is 1. The number of rotatable bonds is 7. The molecular weight excluding hydrogens is 226 g/mol. The molecule has 0 saturated heterocycles. The maximum atomic E-state index is 3.74. The lowest BCUT2D eigenvalue weighted by Crippen LogP contribution is -2.29. The molecule has 0 aliphatic rings. The summed E-state index contributed by atoms with van der Waals surface area (Å²) in [4.78, 5) is 1.47. The van der Waals surface area contributed by atoms with Gasteiger partial charge in [-0.05, 0) is 42.2 Å². The van der Waals surface area contributed by atoms with Crippen LogP contribution in [0.3, 0.4) is 0 Å². The third-order valence-electron chi connectivity index (χ3n) is 3.08. The molecule has 0 aliphatic carbocycles. The second-order valence-corrected chi connectivity index (χ2v) is 6.86. The van der Waals surface area contributed by atoms with Crippen LogP contribution in [0.5, 0.6) is 0 Å². The molecule has 0 saturated carbocycles. The Balaban J connectivity index is 2.46. The predicted octanol–water partition coefficient (Wildman–Crippen LogP) is 4.72. The van der Waals surface area contributed by atoms with Gasteiger partial charge >= 0.3 is 0 Å². The zero-order valence-electron chi connectivity index (χ0n) is 11.9. The van der Waals surface area contributed by atoms with Crippen molar-refractivity contribution in [2.24, 2.45) is 17.8 Å². The van der Waals surface area contributed by atoms with E-state index in [2.05, 4.69) is 57.4 Å². The van der Waals surface area contributed by atoms with E-state index in [9.17, 15) is 0 Å². The highest BCUT2D eigenvalue weighted by molar-refractivity contribution is 7.10. The molecule has 0 radical (unpaired) electrons. The predicted molar refractivity (Wildman–Crippen MR) is 78.5 cm³/mol. The van der Waals surface area contributed by atoms with E-state index in [-0.39, 0.29) is 0 Å². The molecule has 0 fully saturated rings. The Morgan fingerprint density at radius 1 is 1.18 bits per heavy atom. The summed E-state index contributed by atoms with van der Waals surface area (Å²) in [5.41, 5.74) is 0. The Morgan fingerprint density at radius 3 is 2.35 bits per heavy atom. The van der Waals surface area contributed by atoms with Crippen LogP contribution in [-0.4, -0.2) is 6.54 Å². The molecular formula is C15H27NS. The molecule has 1 nitrogen and oxygen atoms in total. The lowest BCUT2D eigenvalue weighted by atomic mass is 9.97. The van der Waals surface area contributed by atoms with Crippen LogP contribution in [0.15, 0.2) is 17.5 Å². The first-order valence-electron chi connectivity index (χ1n) is 6.77. The molecule has 1 aromatic heterocycles. The summed E-state index contributed by atoms with van der Waals surface area (Å²) in [6.45, 7) is 12.7. The van der Waals surface area contributed by atoms with E-state index in [4.69, 9.17) is 0 Å². The molecule has 0 aromatic carbocycles. The lowest BCUT2D eigenvalue weighted by Gasteiger charge is -2.24. The van der Waals surface area contributed by atoms with Gasteiger partial charge in [0.05, 0.1) is 0 Å². The zero-order valence-corrected chi connectivity index (χ0v) is 12.7. The molecule has 0 bridgehead atoms.